The Morgan fingerprint density at radius 1 is 0.868 bits per heavy atom. The summed E-state index contributed by atoms with van der Waals surface area (Å²) in [5.74, 6) is -3.03. The SMILES string of the molecule is O[C@H](CN[C@@](Cc1ccccc1)(c1cc(F)cc(OC(F)(F)C(F)F)c1)c1ccc(F)c(Br)c1)C(F)(F)F. The molecule has 0 bridgehead atoms. The first kappa shape index (κ1) is 29.8. The molecule has 0 heterocycles. The van der Waals surface area contributed by atoms with E-state index < -0.39 is 54.3 Å². The lowest BCUT2D eigenvalue weighted by molar-refractivity contribution is -0.253. The second kappa shape index (κ2) is 11.5. The van der Waals surface area contributed by atoms with Gasteiger partial charge in [0.2, 0.25) is 0 Å². The van der Waals surface area contributed by atoms with Gasteiger partial charge < -0.3 is 15.2 Å². The van der Waals surface area contributed by atoms with Crippen LogP contribution in [0.5, 0.6) is 5.75 Å². The average Bonchev–Trinajstić information content (AvgIpc) is 2.82. The van der Waals surface area contributed by atoms with Crippen LogP contribution in [0.1, 0.15) is 16.7 Å². The van der Waals surface area contributed by atoms with E-state index >= 15 is 0 Å². The molecule has 2 N–H and O–H groups in total. The van der Waals surface area contributed by atoms with Crippen LogP contribution in [0.4, 0.5) is 39.5 Å². The van der Waals surface area contributed by atoms with E-state index in [0.717, 1.165) is 24.3 Å². The summed E-state index contributed by atoms with van der Waals surface area (Å²) in [6.45, 7) is -1.16. The van der Waals surface area contributed by atoms with Gasteiger partial charge in [0, 0.05) is 12.6 Å². The van der Waals surface area contributed by atoms with Gasteiger partial charge in [-0.25, -0.2) is 8.78 Å². The Kier molecular flexibility index (Phi) is 9.04. The van der Waals surface area contributed by atoms with Crippen LogP contribution >= 0.6 is 15.9 Å². The fourth-order valence-electron chi connectivity index (χ4n) is 3.76. The first-order valence-corrected chi connectivity index (χ1v) is 11.6. The van der Waals surface area contributed by atoms with Gasteiger partial charge in [-0.3, -0.25) is 0 Å². The molecule has 0 aliphatic rings. The number of aliphatic hydroxyl groups is 1. The summed E-state index contributed by atoms with van der Waals surface area (Å²) < 4.78 is 125. The highest BCUT2D eigenvalue weighted by molar-refractivity contribution is 9.10. The quantitative estimate of drug-likeness (QED) is 0.242. The van der Waals surface area contributed by atoms with Gasteiger partial charge in [-0.15, -0.1) is 0 Å². The molecule has 2 atom stereocenters. The first-order chi connectivity index (χ1) is 17.6. The van der Waals surface area contributed by atoms with E-state index in [1.807, 2.05) is 0 Å². The largest absolute Gasteiger partial charge is 0.461 e. The van der Waals surface area contributed by atoms with Gasteiger partial charge in [-0.1, -0.05) is 36.4 Å². The minimum absolute atomic E-state index is 0.0289. The third kappa shape index (κ3) is 7.00. The molecule has 0 radical (unpaired) electrons. The van der Waals surface area contributed by atoms with E-state index in [1.54, 1.807) is 30.3 Å². The second-order valence-electron chi connectivity index (χ2n) is 8.28. The van der Waals surface area contributed by atoms with E-state index in [1.165, 1.54) is 6.07 Å². The van der Waals surface area contributed by atoms with Crippen molar-refractivity contribution >= 4 is 15.9 Å². The molecule has 0 unspecified atom stereocenters. The predicted octanol–water partition coefficient (Wildman–Crippen LogP) is 6.96. The topological polar surface area (TPSA) is 41.5 Å². The number of hydrogen-bond acceptors (Lipinski definition) is 3. The number of rotatable bonds is 10. The summed E-state index contributed by atoms with van der Waals surface area (Å²) >= 11 is 2.98. The Balaban J connectivity index is 2.27. The van der Waals surface area contributed by atoms with E-state index in [2.05, 4.69) is 26.0 Å². The number of nitrogens with one attached hydrogen (secondary N) is 1. The maximum atomic E-state index is 14.7. The van der Waals surface area contributed by atoms with E-state index in [-0.39, 0.29) is 22.0 Å². The Labute approximate surface area is 219 Å². The molecule has 13 heteroatoms. The van der Waals surface area contributed by atoms with Crippen LogP contribution < -0.4 is 10.1 Å². The van der Waals surface area contributed by atoms with Gasteiger partial charge in [0.05, 0.1) is 10.0 Å². The number of ether oxygens (including phenoxy) is 1. The number of hydrogen-bond donors (Lipinski definition) is 2. The third-order valence-electron chi connectivity index (χ3n) is 5.57. The minimum Gasteiger partial charge on any atom is -0.428 e. The van der Waals surface area contributed by atoms with Crippen LogP contribution in [-0.4, -0.2) is 36.5 Å². The zero-order valence-electron chi connectivity index (χ0n) is 19.1. The molecular formula is C25H19BrF9NO2. The molecule has 38 heavy (non-hydrogen) atoms. The highest BCUT2D eigenvalue weighted by atomic mass is 79.9. The number of aliphatic hydroxyl groups excluding tert-OH is 1. The van der Waals surface area contributed by atoms with Crippen molar-refractivity contribution in [3.8, 4) is 5.75 Å². The Hall–Kier alpha value is -2.77. The van der Waals surface area contributed by atoms with Gasteiger partial charge in [0.1, 0.15) is 17.4 Å². The summed E-state index contributed by atoms with van der Waals surface area (Å²) in [5, 5.41) is 12.2. The van der Waals surface area contributed by atoms with Gasteiger partial charge >= 0.3 is 18.7 Å². The van der Waals surface area contributed by atoms with E-state index in [0.29, 0.717) is 11.6 Å². The summed E-state index contributed by atoms with van der Waals surface area (Å²) in [6.07, 6.45) is -17.5. The normalized spacial score (nSPS) is 14.8. The monoisotopic (exact) mass is 615 g/mol. The smallest absolute Gasteiger partial charge is 0.428 e. The average molecular weight is 616 g/mol. The fraction of sp³-hybridized carbons (Fsp3) is 0.280. The van der Waals surface area contributed by atoms with Crippen molar-refractivity contribution in [3.63, 3.8) is 0 Å². The van der Waals surface area contributed by atoms with Crippen LogP contribution in [0, 0.1) is 11.6 Å². The van der Waals surface area contributed by atoms with Gasteiger partial charge in [0.15, 0.2) is 6.10 Å². The fourth-order valence-corrected chi connectivity index (χ4v) is 4.14. The lowest BCUT2D eigenvalue weighted by Crippen LogP contribution is -2.51. The van der Waals surface area contributed by atoms with Crippen molar-refractivity contribution in [2.75, 3.05) is 6.54 Å². The number of halogens is 10. The Morgan fingerprint density at radius 3 is 2.11 bits per heavy atom. The molecule has 206 valence electrons. The maximum Gasteiger partial charge on any atom is 0.461 e. The summed E-state index contributed by atoms with van der Waals surface area (Å²) in [6, 6.07) is 13.2. The highest BCUT2D eigenvalue weighted by Gasteiger charge is 2.45. The Morgan fingerprint density at radius 2 is 1.53 bits per heavy atom. The molecule has 0 spiro atoms. The maximum absolute atomic E-state index is 14.7. The molecule has 3 rings (SSSR count). The predicted molar refractivity (Wildman–Crippen MR) is 123 cm³/mol. The molecule has 0 fully saturated rings. The summed E-state index contributed by atoms with van der Waals surface area (Å²) in [7, 11) is 0. The van der Waals surface area contributed by atoms with Crippen LogP contribution in [-0.2, 0) is 12.0 Å². The van der Waals surface area contributed by atoms with Crippen molar-refractivity contribution in [2.45, 2.75) is 36.8 Å². The van der Waals surface area contributed by atoms with Crippen LogP contribution in [0.2, 0.25) is 0 Å². The van der Waals surface area contributed by atoms with Crippen molar-refractivity contribution in [2.24, 2.45) is 0 Å². The molecule has 0 aliphatic heterocycles. The number of alkyl halides is 7. The molecule has 3 nitrogen and oxygen atoms in total. The van der Waals surface area contributed by atoms with Crippen molar-refractivity contribution < 1.29 is 49.4 Å². The van der Waals surface area contributed by atoms with E-state index in [9.17, 15) is 44.6 Å². The first-order valence-electron chi connectivity index (χ1n) is 10.8. The second-order valence-corrected chi connectivity index (χ2v) is 9.13. The molecule has 0 aromatic heterocycles. The van der Waals surface area contributed by atoms with Crippen LogP contribution in [0.3, 0.4) is 0 Å². The minimum atomic E-state index is -5.07. The highest BCUT2D eigenvalue weighted by Crippen LogP contribution is 2.39. The number of benzene rings is 3. The van der Waals surface area contributed by atoms with Gasteiger partial charge in [0.25, 0.3) is 0 Å². The molecule has 0 amide bonds. The zero-order chi connectivity index (χ0) is 28.3. The Bertz CT molecular complexity index is 1240. The van der Waals surface area contributed by atoms with Gasteiger partial charge in [-0.05, 0) is 63.3 Å². The molecule has 3 aromatic carbocycles. The molecule has 0 saturated heterocycles. The third-order valence-corrected chi connectivity index (χ3v) is 6.18. The lowest BCUT2D eigenvalue weighted by atomic mass is 9.77. The zero-order valence-corrected chi connectivity index (χ0v) is 20.6. The molecule has 3 aromatic rings. The van der Waals surface area contributed by atoms with Gasteiger partial charge in [-0.2, -0.15) is 30.7 Å². The lowest BCUT2D eigenvalue weighted by Gasteiger charge is -2.38. The summed E-state index contributed by atoms with van der Waals surface area (Å²) in [4.78, 5) is 0. The standard InChI is InChI=1S/C25H19BrF9NO2/c26-19-10-15(6-7-20(19)28)23(12-14-4-2-1-3-5-14,36-13-21(37)24(31,32)33)16-8-17(27)11-18(9-16)38-25(34,35)22(29)30/h1-11,21-22,36-37H,12-13H2/t21-,23-/m1/s1. The molecular weight excluding hydrogens is 597 g/mol. The van der Waals surface area contributed by atoms with Crippen molar-refractivity contribution in [1.82, 2.24) is 5.32 Å². The van der Waals surface area contributed by atoms with Crippen molar-refractivity contribution in [3.05, 3.63) is 99.5 Å². The van der Waals surface area contributed by atoms with Crippen LogP contribution in [0.25, 0.3) is 0 Å². The summed E-state index contributed by atoms with van der Waals surface area (Å²) in [5.41, 5.74) is -1.79. The van der Waals surface area contributed by atoms with E-state index in [4.69, 9.17) is 0 Å². The van der Waals surface area contributed by atoms with Crippen LogP contribution in [0.15, 0.2) is 71.2 Å². The van der Waals surface area contributed by atoms with Crippen molar-refractivity contribution in [1.29, 1.82) is 0 Å². The molecule has 0 saturated carbocycles. The molecule has 0 aliphatic carbocycles.